The van der Waals surface area contributed by atoms with Gasteiger partial charge >= 0.3 is 18.0 Å². The highest BCUT2D eigenvalue weighted by molar-refractivity contribution is 7.99. The molecule has 4 rings (SSSR count). The fraction of sp³-hybridized carbons (Fsp3) is 0.519. The van der Waals surface area contributed by atoms with E-state index < -0.39 is 58.0 Å². The molecule has 230 valence electrons. The van der Waals surface area contributed by atoms with Gasteiger partial charge < -0.3 is 19.7 Å². The number of carbonyl (C=O) groups is 1. The molecule has 3 aromatic rings. The summed E-state index contributed by atoms with van der Waals surface area (Å²) in [5.41, 5.74) is -2.54. The van der Waals surface area contributed by atoms with E-state index in [4.69, 9.17) is 16.3 Å². The summed E-state index contributed by atoms with van der Waals surface area (Å²) in [5, 5.41) is 10.6. The van der Waals surface area contributed by atoms with E-state index in [0.717, 1.165) is 29.2 Å². The number of alkyl halides is 3. The third-order valence-electron chi connectivity index (χ3n) is 6.67. The number of aromatic nitrogens is 2. The van der Waals surface area contributed by atoms with E-state index in [1.807, 2.05) is 0 Å². The Labute approximate surface area is 253 Å². The lowest BCUT2D eigenvalue weighted by Gasteiger charge is -2.45. The number of thiophene rings is 1. The third-order valence-corrected chi connectivity index (χ3v) is 9.51. The van der Waals surface area contributed by atoms with E-state index >= 15 is 0 Å². The van der Waals surface area contributed by atoms with Crippen molar-refractivity contribution in [3.63, 3.8) is 0 Å². The summed E-state index contributed by atoms with van der Waals surface area (Å²) >= 11 is 8.33. The first kappa shape index (κ1) is 32.4. The minimum absolute atomic E-state index is 0.0272. The summed E-state index contributed by atoms with van der Waals surface area (Å²) in [6, 6.07) is 1.30. The number of fused-ring (bicyclic) bond motifs is 1. The van der Waals surface area contributed by atoms with Gasteiger partial charge in [0.25, 0.3) is 0 Å². The van der Waals surface area contributed by atoms with Gasteiger partial charge in [-0.2, -0.15) is 18.2 Å². The summed E-state index contributed by atoms with van der Waals surface area (Å²) in [7, 11) is 0. The van der Waals surface area contributed by atoms with Gasteiger partial charge in [0.2, 0.25) is 0 Å². The maximum Gasteiger partial charge on any atom is 0.417 e. The van der Waals surface area contributed by atoms with Crippen molar-refractivity contribution in [1.82, 2.24) is 14.9 Å². The minimum Gasteiger partial charge on any atom is -0.444 e. The summed E-state index contributed by atoms with van der Waals surface area (Å²) in [5.74, 6) is -0.967. The Kier molecular flexibility index (Phi) is 9.41. The van der Waals surface area contributed by atoms with Crippen molar-refractivity contribution < 1.29 is 32.2 Å². The van der Waals surface area contributed by atoms with E-state index in [0.29, 0.717) is 4.88 Å². The quantitative estimate of drug-likeness (QED) is 0.232. The number of thioether (sulfide) groups is 1. The van der Waals surface area contributed by atoms with E-state index in [1.165, 1.54) is 11.4 Å². The summed E-state index contributed by atoms with van der Waals surface area (Å²) < 4.78 is 61.8. The van der Waals surface area contributed by atoms with Gasteiger partial charge in [-0.1, -0.05) is 11.6 Å². The number of benzene rings is 1. The highest BCUT2D eigenvalue weighted by Gasteiger charge is 2.39. The lowest BCUT2D eigenvalue weighted by atomic mass is 10.1. The minimum atomic E-state index is -4.82. The van der Waals surface area contributed by atoms with Crippen LogP contribution in [0.4, 0.5) is 28.2 Å². The maximum atomic E-state index is 14.2. The molecule has 1 fully saturated rings. The molecule has 1 aromatic carbocycles. The molecule has 2 aromatic heterocycles. The van der Waals surface area contributed by atoms with Crippen LogP contribution in [0.3, 0.4) is 0 Å². The smallest absolute Gasteiger partial charge is 0.417 e. The standard InChI is InChI=1S/C27H31ClF4N4O4S2/c1-13-8-35(9-14(2)36(13)25(39)40-26(3,4)5)23-17-7-18(27(30,31)32)20(28)22(21(17)33-24(38)34-23)42-11-15(10-37)19-6-16(29)12-41-19/h6-7,12-15,37H,8-11H2,1-5H3,(H,33,34,38)/t13-,14?,15?/m1/s1. The predicted octanol–water partition coefficient (Wildman–Crippen LogP) is 6.50. The molecule has 3 heterocycles. The second-order valence-corrected chi connectivity index (χ2v) is 13.6. The van der Waals surface area contributed by atoms with Gasteiger partial charge in [-0.05, 0) is 46.8 Å². The molecule has 42 heavy (non-hydrogen) atoms. The monoisotopic (exact) mass is 650 g/mol. The Morgan fingerprint density at radius 3 is 2.43 bits per heavy atom. The van der Waals surface area contributed by atoms with Gasteiger partial charge in [-0.15, -0.1) is 23.1 Å². The lowest BCUT2D eigenvalue weighted by molar-refractivity contribution is -0.137. The van der Waals surface area contributed by atoms with E-state index in [-0.39, 0.29) is 47.1 Å². The van der Waals surface area contributed by atoms with Gasteiger partial charge in [-0.3, -0.25) is 4.90 Å². The zero-order chi connectivity index (χ0) is 31.1. The first-order valence-electron chi connectivity index (χ1n) is 13.1. The molecule has 1 saturated heterocycles. The topological polar surface area (TPSA) is 98.8 Å². The van der Waals surface area contributed by atoms with Crippen molar-refractivity contribution in [2.24, 2.45) is 0 Å². The van der Waals surface area contributed by atoms with Crippen LogP contribution in [0.2, 0.25) is 5.02 Å². The van der Waals surface area contributed by atoms with Crippen molar-refractivity contribution in [1.29, 1.82) is 0 Å². The molecule has 2 unspecified atom stereocenters. The number of aromatic amines is 1. The number of amides is 1. The van der Waals surface area contributed by atoms with Crippen LogP contribution in [0.25, 0.3) is 10.9 Å². The molecular formula is C27H31ClF4N4O4S2. The number of halogens is 5. The Bertz CT molecular complexity index is 1510. The molecule has 0 aliphatic carbocycles. The number of nitrogens with zero attached hydrogens (tertiary/aromatic N) is 3. The van der Waals surface area contributed by atoms with Crippen molar-refractivity contribution in [3.05, 3.63) is 49.3 Å². The Morgan fingerprint density at radius 2 is 1.90 bits per heavy atom. The summed E-state index contributed by atoms with van der Waals surface area (Å²) in [6.07, 6.45) is -5.34. The fourth-order valence-corrected chi connectivity index (χ4v) is 7.50. The largest absolute Gasteiger partial charge is 0.444 e. The number of ether oxygens (including phenoxy) is 1. The zero-order valence-corrected chi connectivity index (χ0v) is 25.9. The normalized spacial score (nSPS) is 18.9. The zero-order valence-electron chi connectivity index (χ0n) is 23.5. The van der Waals surface area contributed by atoms with Crippen LogP contribution in [-0.4, -0.2) is 69.2 Å². The van der Waals surface area contributed by atoms with Gasteiger partial charge in [0.1, 0.15) is 17.2 Å². The molecule has 0 saturated carbocycles. The molecule has 15 heteroatoms. The molecule has 1 aliphatic heterocycles. The van der Waals surface area contributed by atoms with Gasteiger partial charge in [0.05, 0.1) is 39.7 Å². The first-order chi connectivity index (χ1) is 19.5. The molecule has 2 N–H and O–H groups in total. The van der Waals surface area contributed by atoms with Crippen LogP contribution in [-0.2, 0) is 10.9 Å². The van der Waals surface area contributed by atoms with E-state index in [9.17, 15) is 32.3 Å². The van der Waals surface area contributed by atoms with Crippen LogP contribution >= 0.6 is 34.7 Å². The number of piperazine rings is 1. The highest BCUT2D eigenvalue weighted by atomic mass is 35.5. The van der Waals surface area contributed by atoms with Crippen molar-refractivity contribution in [2.45, 2.75) is 69.3 Å². The van der Waals surface area contributed by atoms with Crippen LogP contribution < -0.4 is 10.6 Å². The molecule has 3 atom stereocenters. The van der Waals surface area contributed by atoms with Crippen LogP contribution in [0.5, 0.6) is 0 Å². The maximum absolute atomic E-state index is 14.2. The summed E-state index contributed by atoms with van der Waals surface area (Å²) in [6.45, 7) is 8.81. The molecule has 0 spiro atoms. The molecule has 0 radical (unpaired) electrons. The second kappa shape index (κ2) is 12.2. The number of H-pyrrole nitrogens is 1. The van der Waals surface area contributed by atoms with Crippen LogP contribution in [0.15, 0.2) is 27.2 Å². The number of anilines is 1. The SMILES string of the molecule is CC1CN(c2nc(=O)[nH]c3c(SCC(CO)c4cc(F)cs4)c(Cl)c(C(F)(F)F)cc23)C[C@@H](C)N1C(=O)OC(C)(C)C. The number of hydrogen-bond donors (Lipinski definition) is 2. The van der Waals surface area contributed by atoms with Crippen molar-refractivity contribution in [3.8, 4) is 0 Å². The lowest BCUT2D eigenvalue weighted by Crippen LogP contribution is -2.59. The van der Waals surface area contributed by atoms with Crippen LogP contribution in [0.1, 0.15) is 51.0 Å². The van der Waals surface area contributed by atoms with Gasteiger partial charge in [0, 0.05) is 40.4 Å². The second-order valence-electron chi connectivity index (χ2n) is 11.2. The number of aliphatic hydroxyl groups excluding tert-OH is 1. The van der Waals surface area contributed by atoms with Gasteiger partial charge in [-0.25, -0.2) is 14.0 Å². The number of hydrogen-bond acceptors (Lipinski definition) is 8. The van der Waals surface area contributed by atoms with Gasteiger partial charge in [0.15, 0.2) is 0 Å². The Morgan fingerprint density at radius 1 is 1.26 bits per heavy atom. The fourth-order valence-electron chi connectivity index (χ4n) is 4.93. The number of rotatable bonds is 6. The summed E-state index contributed by atoms with van der Waals surface area (Å²) in [4.78, 5) is 36.0. The number of carbonyl (C=O) groups excluding carboxylic acids is 1. The number of aliphatic hydroxyl groups is 1. The van der Waals surface area contributed by atoms with E-state index in [2.05, 4.69) is 9.97 Å². The number of nitrogens with one attached hydrogen (secondary N) is 1. The van der Waals surface area contributed by atoms with Crippen molar-refractivity contribution in [2.75, 3.05) is 30.3 Å². The first-order valence-corrected chi connectivity index (χ1v) is 15.3. The average molecular weight is 651 g/mol. The molecular weight excluding hydrogens is 620 g/mol. The third kappa shape index (κ3) is 6.98. The Balaban J connectivity index is 1.77. The molecule has 0 bridgehead atoms. The van der Waals surface area contributed by atoms with Crippen LogP contribution in [0, 0.1) is 5.82 Å². The Hall–Kier alpha value is -2.55. The van der Waals surface area contributed by atoms with E-state index in [1.54, 1.807) is 44.4 Å². The highest BCUT2D eigenvalue weighted by Crippen LogP contribution is 2.45. The van der Waals surface area contributed by atoms with Crippen molar-refractivity contribution >= 4 is 57.5 Å². The molecule has 1 aliphatic rings. The predicted molar refractivity (Wildman–Crippen MR) is 156 cm³/mol. The molecule has 1 amide bonds. The molecule has 8 nitrogen and oxygen atoms in total. The average Bonchev–Trinajstić information content (AvgIpc) is 3.28.